The van der Waals surface area contributed by atoms with E-state index in [4.69, 9.17) is 22.7 Å². The number of aryl methyl sites for hydroxylation is 1. The van der Waals surface area contributed by atoms with Gasteiger partial charge in [-0.2, -0.15) is 5.10 Å². The van der Waals surface area contributed by atoms with Gasteiger partial charge in [-0.1, -0.05) is 11.6 Å². The van der Waals surface area contributed by atoms with Crippen molar-refractivity contribution >= 4 is 47.0 Å². The Morgan fingerprint density at radius 2 is 2.26 bits per heavy atom. The van der Waals surface area contributed by atoms with Crippen molar-refractivity contribution in [3.8, 4) is 0 Å². The third kappa shape index (κ3) is 3.65. The molecule has 23 heavy (non-hydrogen) atoms. The molecule has 3 rings (SSSR count). The molecule has 0 amide bonds. The minimum Gasteiger partial charge on any atom is -0.369 e. The molecule has 1 unspecified atom stereocenters. The minimum absolute atomic E-state index is 0. The van der Waals surface area contributed by atoms with Gasteiger partial charge in [-0.05, 0) is 54.3 Å². The van der Waals surface area contributed by atoms with Gasteiger partial charge in [0.25, 0.3) is 0 Å². The van der Waals surface area contributed by atoms with Gasteiger partial charge < -0.3 is 5.73 Å². The average molecular weight is 370 g/mol. The van der Waals surface area contributed by atoms with Gasteiger partial charge in [0.15, 0.2) is 0 Å². The second-order valence-electron chi connectivity index (χ2n) is 5.29. The zero-order chi connectivity index (χ0) is 15.7. The van der Waals surface area contributed by atoms with E-state index in [-0.39, 0.29) is 24.3 Å². The van der Waals surface area contributed by atoms with Crippen LogP contribution in [0, 0.1) is 12.3 Å². The number of rotatable bonds is 2. The third-order valence-corrected chi connectivity index (χ3v) is 5.00. The molecular weight excluding hydrogens is 353 g/mol. The molecule has 1 aliphatic rings. The minimum atomic E-state index is -0.175. The molecule has 2 aromatic rings. The predicted octanol–water partition coefficient (Wildman–Crippen LogP) is 3.44. The van der Waals surface area contributed by atoms with Gasteiger partial charge in [-0.15, -0.1) is 23.7 Å². The number of hydrazone groups is 1. The third-order valence-electron chi connectivity index (χ3n) is 3.80. The van der Waals surface area contributed by atoms with Crippen molar-refractivity contribution < 1.29 is 0 Å². The highest BCUT2D eigenvalue weighted by Crippen LogP contribution is 2.38. The van der Waals surface area contributed by atoms with Gasteiger partial charge in [0, 0.05) is 11.8 Å². The van der Waals surface area contributed by atoms with Gasteiger partial charge in [0.05, 0.1) is 15.7 Å². The Morgan fingerprint density at radius 1 is 1.48 bits per heavy atom. The number of nitrogens with two attached hydrogens (primary N) is 1. The predicted molar refractivity (Wildman–Crippen MR) is 98.2 cm³/mol. The number of nitrogens with zero attached hydrogens (tertiary/aromatic N) is 2. The molecule has 5 nitrogen and oxygen atoms in total. The molecule has 0 bridgehead atoms. The fourth-order valence-electron chi connectivity index (χ4n) is 2.85. The van der Waals surface area contributed by atoms with Crippen molar-refractivity contribution in [2.75, 3.05) is 0 Å². The second-order valence-corrected chi connectivity index (χ2v) is 6.81. The summed E-state index contributed by atoms with van der Waals surface area (Å²) in [6.45, 7) is 2.04. The average Bonchev–Trinajstić information content (AvgIpc) is 2.90. The lowest BCUT2D eigenvalue weighted by Gasteiger charge is -2.26. The first-order valence-corrected chi connectivity index (χ1v) is 8.16. The fraction of sp³-hybridized carbons (Fsp3) is 0.267. The van der Waals surface area contributed by atoms with Crippen molar-refractivity contribution in [1.82, 2.24) is 10.4 Å². The molecule has 122 valence electrons. The summed E-state index contributed by atoms with van der Waals surface area (Å²) in [6, 6.07) is 4.04. The summed E-state index contributed by atoms with van der Waals surface area (Å²) in [6.07, 6.45) is 3.41. The monoisotopic (exact) mass is 369 g/mol. The lowest BCUT2D eigenvalue weighted by Crippen LogP contribution is -2.29. The van der Waals surface area contributed by atoms with E-state index in [0.29, 0.717) is 0 Å². The van der Waals surface area contributed by atoms with Crippen LogP contribution < -0.4 is 11.2 Å². The molecule has 8 heteroatoms. The van der Waals surface area contributed by atoms with Crippen LogP contribution >= 0.6 is 35.3 Å². The van der Waals surface area contributed by atoms with Crippen LogP contribution in [-0.4, -0.2) is 16.7 Å². The molecule has 2 heterocycles. The van der Waals surface area contributed by atoms with Gasteiger partial charge in [-0.25, -0.2) is 5.43 Å². The maximum Gasteiger partial charge on any atom is 0.206 e. The van der Waals surface area contributed by atoms with E-state index in [2.05, 4.69) is 21.6 Å². The number of hydrogen-bond acceptors (Lipinski definition) is 4. The zero-order valence-electron chi connectivity index (χ0n) is 12.5. The van der Waals surface area contributed by atoms with Crippen LogP contribution in [-0.2, 0) is 6.42 Å². The smallest absolute Gasteiger partial charge is 0.206 e. The molecule has 0 saturated carbocycles. The standard InChI is InChI=1S/C15H16ClN5S.ClH/c1-8-2-4-19-11-6-9(10-3-5-22-14(10)16)7-12(13(8)11)20-21-15(17)18;/h2-5,9H,6-7H2,1H3,(H4,17,18,21);1H/b20-12-;. The van der Waals surface area contributed by atoms with Crippen LogP contribution in [0.1, 0.15) is 34.7 Å². The van der Waals surface area contributed by atoms with E-state index in [1.54, 1.807) is 0 Å². The van der Waals surface area contributed by atoms with Crippen LogP contribution in [0.15, 0.2) is 28.8 Å². The largest absolute Gasteiger partial charge is 0.369 e. The van der Waals surface area contributed by atoms with E-state index >= 15 is 0 Å². The molecule has 2 aromatic heterocycles. The highest BCUT2D eigenvalue weighted by molar-refractivity contribution is 7.14. The molecule has 0 saturated heterocycles. The van der Waals surface area contributed by atoms with E-state index in [0.717, 1.165) is 45.3 Å². The summed E-state index contributed by atoms with van der Waals surface area (Å²) in [5.41, 5.74) is 13.1. The van der Waals surface area contributed by atoms with E-state index < -0.39 is 0 Å². The topological polar surface area (TPSA) is 87.2 Å². The summed E-state index contributed by atoms with van der Waals surface area (Å²) in [5, 5.41) is 13.6. The number of hydrogen-bond donors (Lipinski definition) is 3. The number of guanidine groups is 1. The Labute approximate surface area is 149 Å². The van der Waals surface area contributed by atoms with Crippen LogP contribution in [0.2, 0.25) is 4.34 Å². The SMILES string of the molecule is Cc1ccnc2c1/C(=N\NC(=N)N)CC(c1ccsc1Cl)C2.Cl. The molecule has 0 aromatic carbocycles. The van der Waals surface area contributed by atoms with Crippen molar-refractivity contribution in [3.63, 3.8) is 0 Å². The maximum atomic E-state index is 7.30. The van der Waals surface area contributed by atoms with Crippen LogP contribution in [0.5, 0.6) is 0 Å². The number of pyridine rings is 1. The van der Waals surface area contributed by atoms with Crippen molar-refractivity contribution in [2.24, 2.45) is 10.8 Å². The summed E-state index contributed by atoms with van der Waals surface area (Å²) in [7, 11) is 0. The Bertz CT molecular complexity index is 756. The number of thiophene rings is 1. The van der Waals surface area contributed by atoms with Crippen molar-refractivity contribution in [3.05, 3.63) is 50.4 Å². The Hall–Kier alpha value is -1.63. The normalized spacial score (nSPS) is 18.2. The Balaban J connectivity index is 0.00000192. The molecule has 0 radical (unpaired) electrons. The molecule has 0 aliphatic heterocycles. The van der Waals surface area contributed by atoms with E-state index in [9.17, 15) is 0 Å². The summed E-state index contributed by atoms with van der Waals surface area (Å²) in [4.78, 5) is 4.51. The van der Waals surface area contributed by atoms with Crippen molar-refractivity contribution in [2.45, 2.75) is 25.7 Å². The first-order valence-electron chi connectivity index (χ1n) is 6.90. The first kappa shape index (κ1) is 17.7. The van der Waals surface area contributed by atoms with Gasteiger partial charge in [0.2, 0.25) is 5.96 Å². The van der Waals surface area contributed by atoms with Gasteiger partial charge in [-0.3, -0.25) is 10.4 Å². The maximum absolute atomic E-state index is 7.30. The molecule has 0 spiro atoms. The van der Waals surface area contributed by atoms with E-state index in [1.165, 1.54) is 11.3 Å². The summed E-state index contributed by atoms with van der Waals surface area (Å²) in [5.74, 6) is 0.0688. The Kier molecular flexibility index (Phi) is 5.62. The fourth-order valence-corrected chi connectivity index (χ4v) is 3.93. The number of halogens is 2. The Morgan fingerprint density at radius 3 is 2.91 bits per heavy atom. The highest BCUT2D eigenvalue weighted by Gasteiger charge is 2.28. The number of nitrogens with one attached hydrogen (secondary N) is 2. The molecular formula is C15H17Cl2N5S. The molecule has 1 atom stereocenters. The molecule has 0 fully saturated rings. The quantitative estimate of drug-likeness (QED) is 0.430. The van der Waals surface area contributed by atoms with Crippen LogP contribution in [0.3, 0.4) is 0 Å². The summed E-state index contributed by atoms with van der Waals surface area (Å²) >= 11 is 7.83. The second kappa shape index (κ2) is 7.29. The number of fused-ring (bicyclic) bond motifs is 1. The number of aromatic nitrogens is 1. The first-order chi connectivity index (χ1) is 10.6. The lowest BCUT2D eigenvalue weighted by atomic mass is 9.81. The van der Waals surface area contributed by atoms with Crippen molar-refractivity contribution in [1.29, 1.82) is 5.41 Å². The van der Waals surface area contributed by atoms with Crippen LogP contribution in [0.25, 0.3) is 0 Å². The zero-order valence-corrected chi connectivity index (χ0v) is 14.9. The lowest BCUT2D eigenvalue weighted by molar-refractivity contribution is 0.677. The summed E-state index contributed by atoms with van der Waals surface area (Å²) < 4.78 is 0.819. The molecule has 4 N–H and O–H groups in total. The van der Waals surface area contributed by atoms with Crippen LogP contribution in [0.4, 0.5) is 0 Å². The highest BCUT2D eigenvalue weighted by atomic mass is 35.5. The van der Waals surface area contributed by atoms with E-state index in [1.807, 2.05) is 24.6 Å². The molecule has 1 aliphatic carbocycles. The van der Waals surface area contributed by atoms with Gasteiger partial charge >= 0.3 is 0 Å². The van der Waals surface area contributed by atoms with Gasteiger partial charge in [0.1, 0.15) is 0 Å².